The number of aromatic nitrogens is 1. The first-order valence-corrected chi connectivity index (χ1v) is 14.0. The zero-order valence-corrected chi connectivity index (χ0v) is 22.9. The highest BCUT2D eigenvalue weighted by atomic mass is 32.2. The molecular weight excluding hydrogens is 530 g/mol. The maximum absolute atomic E-state index is 13.1. The molecule has 1 aromatic heterocycles. The second-order valence-electron chi connectivity index (χ2n) is 9.14. The molecule has 4 atom stereocenters. The number of ether oxygens (including phenoxy) is 1. The Morgan fingerprint density at radius 3 is 2.69 bits per heavy atom. The van der Waals surface area contributed by atoms with Gasteiger partial charge in [0.15, 0.2) is 10.8 Å². The lowest BCUT2D eigenvalue weighted by Crippen LogP contribution is -2.74. The van der Waals surface area contributed by atoms with Crippen molar-refractivity contribution in [2.75, 3.05) is 23.8 Å². The summed E-state index contributed by atoms with van der Waals surface area (Å²) in [5.41, 5.74) is 4.84. The molecule has 12 nitrogen and oxygen atoms in total. The highest BCUT2D eigenvalue weighted by molar-refractivity contribution is 8.05. The fourth-order valence-corrected chi connectivity index (χ4v) is 6.86. The number of β-lactam (4-membered cyclic amide) rings is 1. The molecule has 3 heterocycles. The van der Waals surface area contributed by atoms with Crippen molar-refractivity contribution in [1.82, 2.24) is 15.2 Å². The smallest absolute Gasteiger partial charge is 0.350 e. The normalized spacial score (nSPS) is 24.9. The van der Waals surface area contributed by atoms with Gasteiger partial charge in [-0.3, -0.25) is 14.4 Å². The van der Waals surface area contributed by atoms with Gasteiger partial charge >= 0.3 is 11.9 Å². The third-order valence-corrected chi connectivity index (χ3v) is 8.85. The van der Waals surface area contributed by atoms with Gasteiger partial charge in [0.1, 0.15) is 27.5 Å². The summed E-state index contributed by atoms with van der Waals surface area (Å²) < 4.78 is 4.17. The topological polar surface area (TPSA) is 174 Å². The van der Waals surface area contributed by atoms with Gasteiger partial charge in [-0.2, -0.15) is 0 Å². The number of nitrogens with one attached hydrogen (secondary N) is 1. The van der Waals surface area contributed by atoms with Crippen molar-refractivity contribution in [3.63, 3.8) is 0 Å². The summed E-state index contributed by atoms with van der Waals surface area (Å²) in [5.74, 6) is -1.87. The molecule has 2 fully saturated rings. The molecule has 0 aromatic carbocycles. The predicted molar refractivity (Wildman–Crippen MR) is 138 cm³/mol. The minimum absolute atomic E-state index is 0.0593. The number of nitrogens with two attached hydrogens (primary N) is 1. The molecule has 3 rings (SSSR count). The van der Waals surface area contributed by atoms with Gasteiger partial charge < -0.3 is 30.6 Å². The van der Waals surface area contributed by atoms with Gasteiger partial charge in [-0.15, -0.1) is 34.9 Å². The van der Waals surface area contributed by atoms with Crippen LogP contribution in [0.15, 0.2) is 10.5 Å². The number of hydrogen-bond donors (Lipinski definition) is 3. The Kier molecular flexibility index (Phi) is 8.45. The number of anilines is 1. The Labute approximate surface area is 220 Å². The number of carboxylic acids is 1. The van der Waals surface area contributed by atoms with E-state index in [1.54, 1.807) is 20.8 Å². The van der Waals surface area contributed by atoms with Crippen LogP contribution in [0.25, 0.3) is 0 Å². The molecule has 2 aliphatic heterocycles. The van der Waals surface area contributed by atoms with Gasteiger partial charge in [-0.05, 0) is 33.4 Å². The minimum Gasteiger partial charge on any atom is -0.480 e. The minimum atomic E-state index is -1.11. The van der Waals surface area contributed by atoms with Crippen molar-refractivity contribution in [2.45, 2.75) is 62.5 Å². The van der Waals surface area contributed by atoms with Crippen molar-refractivity contribution in [3.05, 3.63) is 11.1 Å². The molecule has 0 bridgehead atoms. The van der Waals surface area contributed by atoms with Crippen LogP contribution in [-0.4, -0.2) is 90.4 Å². The number of carbonyl (C=O) groups excluding carboxylic acids is 3. The van der Waals surface area contributed by atoms with E-state index in [0.717, 1.165) is 11.3 Å². The molecule has 0 radical (unpaired) electrons. The number of oxime groups is 1. The first kappa shape index (κ1) is 28.1. The highest BCUT2D eigenvalue weighted by Gasteiger charge is 2.57. The summed E-state index contributed by atoms with van der Waals surface area (Å²) in [5, 5.41) is 17.5. The van der Waals surface area contributed by atoms with Crippen LogP contribution in [0.4, 0.5) is 5.13 Å². The van der Waals surface area contributed by atoms with E-state index in [2.05, 4.69) is 15.5 Å². The second-order valence-corrected chi connectivity index (χ2v) is 12.8. The van der Waals surface area contributed by atoms with Gasteiger partial charge in [-0.1, -0.05) is 12.1 Å². The van der Waals surface area contributed by atoms with Crippen LogP contribution in [0.2, 0.25) is 0 Å². The lowest BCUT2D eigenvalue weighted by atomic mass is 10.0. The zero-order valence-electron chi connectivity index (χ0n) is 20.5. The maximum Gasteiger partial charge on any atom is 0.350 e. The molecule has 0 saturated carbocycles. The fraction of sp³-hybridized carbons (Fsp3) is 0.619. The van der Waals surface area contributed by atoms with Crippen LogP contribution in [-0.2, 0) is 28.8 Å². The predicted octanol–water partition coefficient (Wildman–Crippen LogP) is 1.15. The van der Waals surface area contributed by atoms with E-state index in [-0.39, 0.29) is 29.0 Å². The van der Waals surface area contributed by atoms with Crippen LogP contribution in [0.1, 0.15) is 40.3 Å². The van der Waals surface area contributed by atoms with Gasteiger partial charge in [0.25, 0.3) is 5.91 Å². The average molecular weight is 560 g/mol. The van der Waals surface area contributed by atoms with Crippen LogP contribution < -0.4 is 11.1 Å². The second kappa shape index (κ2) is 10.8. The number of nitrogen functional groups attached to an aromatic ring is 1. The molecule has 198 valence electrons. The Bertz CT molecular complexity index is 1070. The Morgan fingerprint density at radius 2 is 2.14 bits per heavy atom. The van der Waals surface area contributed by atoms with E-state index >= 15 is 0 Å². The summed E-state index contributed by atoms with van der Waals surface area (Å²) in [6, 6.07) is -0.870. The van der Waals surface area contributed by atoms with Crippen molar-refractivity contribution < 1.29 is 33.9 Å². The van der Waals surface area contributed by atoms with E-state index in [0.29, 0.717) is 11.5 Å². The van der Waals surface area contributed by atoms with Gasteiger partial charge in [0.2, 0.25) is 12.0 Å². The first-order chi connectivity index (χ1) is 16.8. The number of fused-ring (bicyclic) bond motifs is 1. The number of carbonyl (C=O) groups is 4. The lowest BCUT2D eigenvalue weighted by Gasteiger charge is -2.53. The van der Waals surface area contributed by atoms with E-state index in [1.165, 1.54) is 40.7 Å². The van der Waals surface area contributed by atoms with Crippen LogP contribution in [0.3, 0.4) is 0 Å². The molecule has 0 aliphatic carbocycles. The monoisotopic (exact) mass is 559 g/mol. The molecular formula is C21H29N5O7S3. The number of carboxylic acid groups (broad SMARTS) is 1. The average Bonchev–Trinajstić information content (AvgIpc) is 3.22. The van der Waals surface area contributed by atoms with Crippen molar-refractivity contribution in [3.8, 4) is 0 Å². The van der Waals surface area contributed by atoms with Gasteiger partial charge in [-0.25, -0.2) is 9.78 Å². The molecule has 2 saturated heterocycles. The molecule has 0 spiro atoms. The Morgan fingerprint density at radius 1 is 1.44 bits per heavy atom. The molecule has 2 amide bonds. The first-order valence-electron chi connectivity index (χ1n) is 11.1. The molecule has 3 unspecified atom stereocenters. The molecule has 2 aliphatic rings. The summed E-state index contributed by atoms with van der Waals surface area (Å²) in [7, 11) is 0. The molecule has 15 heteroatoms. The molecule has 4 N–H and O–H groups in total. The van der Waals surface area contributed by atoms with Crippen molar-refractivity contribution >= 4 is 69.5 Å². The summed E-state index contributed by atoms with van der Waals surface area (Å²) in [4.78, 5) is 60.8. The number of nitrogens with zero attached hydrogens (tertiary/aromatic N) is 3. The van der Waals surface area contributed by atoms with Crippen molar-refractivity contribution in [1.29, 1.82) is 0 Å². The number of hydrogen-bond acceptors (Lipinski definition) is 12. The molecule has 36 heavy (non-hydrogen) atoms. The van der Waals surface area contributed by atoms with Gasteiger partial charge in [0, 0.05) is 17.7 Å². The standard InChI is InChI=1S/C21H29N5O7S3/c1-6-36-21(18(30)31)8-26-15(28)13(16(26)35-9-21)24-14(27)12(11-7-34-19(22)23-11)25-33-10(2)17(29)32-20(3,4)5/h7,10,13,16H,6,8-9H2,1-5H3,(H2,22,23)(H,24,27)(H,30,31)/t10?,13?,16-,21?/m1/s1. The van der Waals surface area contributed by atoms with Gasteiger partial charge in [0.05, 0.1) is 0 Å². The third-order valence-electron chi connectivity index (χ3n) is 5.17. The number of amides is 2. The van der Waals surface area contributed by atoms with E-state index in [4.69, 9.17) is 15.3 Å². The number of aliphatic carboxylic acids is 1. The largest absolute Gasteiger partial charge is 0.480 e. The summed E-state index contributed by atoms with van der Waals surface area (Å²) in [6.45, 7) is 8.48. The number of thioether (sulfide) groups is 2. The summed E-state index contributed by atoms with van der Waals surface area (Å²) in [6.07, 6.45) is -1.11. The Hall–Kier alpha value is -2.52. The number of rotatable bonds is 9. The van der Waals surface area contributed by atoms with Crippen molar-refractivity contribution in [2.24, 2.45) is 5.16 Å². The SMILES string of the molecule is CCSC1(C(=O)O)CS[C@@H]2C(NC(=O)C(=NOC(C)C(=O)OC(C)(C)C)c3csc(N)n3)C(=O)N2C1. The fourth-order valence-electron chi connectivity index (χ4n) is 3.48. The van der Waals surface area contributed by atoms with E-state index in [1.807, 2.05) is 6.92 Å². The maximum atomic E-state index is 13.1. The summed E-state index contributed by atoms with van der Waals surface area (Å²) >= 11 is 3.68. The quantitative estimate of drug-likeness (QED) is 0.171. The van der Waals surface area contributed by atoms with E-state index < -0.39 is 45.7 Å². The lowest BCUT2D eigenvalue weighted by molar-refractivity contribution is -0.167. The zero-order chi connectivity index (χ0) is 26.8. The highest BCUT2D eigenvalue weighted by Crippen LogP contribution is 2.43. The van der Waals surface area contributed by atoms with Crippen LogP contribution in [0.5, 0.6) is 0 Å². The van der Waals surface area contributed by atoms with Crippen LogP contribution >= 0.6 is 34.9 Å². The third kappa shape index (κ3) is 6.06. The molecule has 1 aromatic rings. The van der Waals surface area contributed by atoms with Crippen LogP contribution in [0, 0.1) is 0 Å². The number of esters is 1. The number of thiazole rings is 1. The Balaban J connectivity index is 1.73. The van der Waals surface area contributed by atoms with E-state index in [9.17, 15) is 24.3 Å².